The number of aliphatic carboxylic acids is 1. The molecule has 0 spiro atoms. The van der Waals surface area contributed by atoms with E-state index in [1.807, 2.05) is 0 Å². The fraction of sp³-hybridized carbons (Fsp3) is 0.438. The number of aryl methyl sites for hydroxylation is 1. The molecule has 28 heavy (non-hydrogen) atoms. The van der Waals surface area contributed by atoms with Crippen molar-refractivity contribution in [2.45, 2.75) is 31.8 Å². The maximum absolute atomic E-state index is 12.6. The molecule has 0 aliphatic carbocycles. The minimum Gasteiger partial charge on any atom is -0.477 e. The molecule has 0 radical (unpaired) electrons. The van der Waals surface area contributed by atoms with Crippen LogP contribution >= 0.6 is 23.4 Å². The summed E-state index contributed by atoms with van der Waals surface area (Å²) in [6.45, 7) is 3.22. The summed E-state index contributed by atoms with van der Waals surface area (Å²) in [6.07, 6.45) is 1.34. The average Bonchev–Trinajstić information content (AvgIpc) is 3.03. The van der Waals surface area contributed by atoms with E-state index in [2.05, 4.69) is 10.4 Å². The molecule has 12 heteroatoms. The number of carbonyl (C=O) groups is 4. The van der Waals surface area contributed by atoms with Crippen LogP contribution in [0, 0.1) is 0 Å². The molecule has 0 unspecified atom stereocenters. The lowest BCUT2D eigenvalue weighted by atomic mass is 10.0. The molecule has 3 heterocycles. The van der Waals surface area contributed by atoms with Crippen molar-refractivity contribution in [1.82, 2.24) is 20.0 Å². The van der Waals surface area contributed by atoms with E-state index >= 15 is 0 Å². The highest BCUT2D eigenvalue weighted by atomic mass is 35.5. The molecule has 2 atom stereocenters. The zero-order valence-corrected chi connectivity index (χ0v) is 16.5. The van der Waals surface area contributed by atoms with Gasteiger partial charge in [0.1, 0.15) is 29.4 Å². The van der Waals surface area contributed by atoms with E-state index in [1.165, 1.54) is 29.6 Å². The predicted molar refractivity (Wildman–Crippen MR) is 98.6 cm³/mol. The standard InChI is InChI=1S/C16H17ClN4O6S/c1-3-20-12(9(17)4-18-20)13(23)19-10-14(24)21-11(16(25)26)8(5-27-7(2)22)6-28-15(10)21/h4,10,15H,3,5-6H2,1-2H3,(H,19,23)(H,25,26)/t10-,15+/m1/s1. The summed E-state index contributed by atoms with van der Waals surface area (Å²) in [6, 6.07) is -0.890. The van der Waals surface area contributed by atoms with Crippen molar-refractivity contribution >= 4 is 47.1 Å². The van der Waals surface area contributed by atoms with E-state index in [0.29, 0.717) is 12.1 Å². The van der Waals surface area contributed by atoms with Gasteiger partial charge in [0, 0.05) is 24.8 Å². The quantitative estimate of drug-likeness (QED) is 0.494. The lowest BCUT2D eigenvalue weighted by Crippen LogP contribution is -2.70. The molecule has 1 aromatic rings. The van der Waals surface area contributed by atoms with Gasteiger partial charge in [0.25, 0.3) is 11.8 Å². The smallest absolute Gasteiger partial charge is 0.352 e. The van der Waals surface area contributed by atoms with Crippen LogP contribution in [0.5, 0.6) is 0 Å². The molecule has 10 nitrogen and oxygen atoms in total. The molecule has 150 valence electrons. The molecule has 0 aromatic carbocycles. The second-order valence-corrected chi connectivity index (χ2v) is 7.57. The zero-order chi connectivity index (χ0) is 20.6. The number of nitrogens with one attached hydrogen (secondary N) is 1. The van der Waals surface area contributed by atoms with E-state index in [1.54, 1.807) is 6.92 Å². The van der Waals surface area contributed by atoms with Crippen LogP contribution in [-0.4, -0.2) is 67.3 Å². The van der Waals surface area contributed by atoms with Crippen LogP contribution in [0.2, 0.25) is 5.02 Å². The Morgan fingerprint density at radius 3 is 2.79 bits per heavy atom. The van der Waals surface area contributed by atoms with Crippen LogP contribution in [0.3, 0.4) is 0 Å². The number of carboxylic acids is 1. The molecular formula is C16H17ClN4O6S. The maximum Gasteiger partial charge on any atom is 0.352 e. The number of amides is 2. The zero-order valence-electron chi connectivity index (χ0n) is 15.0. The maximum atomic E-state index is 12.6. The van der Waals surface area contributed by atoms with Gasteiger partial charge in [-0.25, -0.2) is 4.79 Å². The van der Waals surface area contributed by atoms with Crippen molar-refractivity contribution in [2.24, 2.45) is 0 Å². The Balaban J connectivity index is 1.78. The Morgan fingerprint density at radius 2 is 2.18 bits per heavy atom. The van der Waals surface area contributed by atoms with E-state index in [0.717, 1.165) is 4.90 Å². The molecule has 1 saturated heterocycles. The molecule has 2 N–H and O–H groups in total. The first-order chi connectivity index (χ1) is 13.3. The van der Waals surface area contributed by atoms with Gasteiger partial charge in [0.05, 0.1) is 11.2 Å². The summed E-state index contributed by atoms with van der Waals surface area (Å²) in [5, 5.41) is 15.7. The number of halogens is 1. The first-order valence-electron chi connectivity index (χ1n) is 8.31. The molecule has 0 saturated carbocycles. The van der Waals surface area contributed by atoms with Crippen LogP contribution in [0.4, 0.5) is 0 Å². The van der Waals surface area contributed by atoms with Gasteiger partial charge >= 0.3 is 11.9 Å². The van der Waals surface area contributed by atoms with Gasteiger partial charge in [-0.1, -0.05) is 11.6 Å². The number of nitrogens with zero attached hydrogens (tertiary/aromatic N) is 3. The predicted octanol–water partition coefficient (Wildman–Crippen LogP) is 0.472. The number of carboxylic acid groups (broad SMARTS) is 1. The van der Waals surface area contributed by atoms with Gasteiger partial charge in [-0.2, -0.15) is 5.10 Å². The van der Waals surface area contributed by atoms with E-state index in [9.17, 15) is 24.3 Å². The summed E-state index contributed by atoms with van der Waals surface area (Å²) >= 11 is 7.29. The fourth-order valence-corrected chi connectivity index (χ4v) is 4.57. The highest BCUT2D eigenvalue weighted by Crippen LogP contribution is 2.40. The highest BCUT2D eigenvalue weighted by molar-refractivity contribution is 8.00. The van der Waals surface area contributed by atoms with Crippen molar-refractivity contribution in [1.29, 1.82) is 0 Å². The van der Waals surface area contributed by atoms with Crippen LogP contribution in [-0.2, 0) is 25.7 Å². The van der Waals surface area contributed by atoms with Gasteiger partial charge in [-0.05, 0) is 6.92 Å². The first-order valence-corrected chi connectivity index (χ1v) is 9.74. The highest BCUT2D eigenvalue weighted by Gasteiger charge is 2.54. The van der Waals surface area contributed by atoms with E-state index < -0.39 is 35.2 Å². The van der Waals surface area contributed by atoms with Gasteiger partial charge < -0.3 is 15.2 Å². The molecule has 1 aromatic heterocycles. The van der Waals surface area contributed by atoms with E-state index in [4.69, 9.17) is 16.3 Å². The van der Waals surface area contributed by atoms with Gasteiger partial charge in [-0.15, -0.1) is 11.8 Å². The number of esters is 1. The summed E-state index contributed by atoms with van der Waals surface area (Å²) in [5.74, 6) is -2.70. The Bertz CT molecular complexity index is 898. The molecule has 1 fully saturated rings. The second-order valence-electron chi connectivity index (χ2n) is 6.06. The van der Waals surface area contributed by atoms with Crippen molar-refractivity contribution in [3.8, 4) is 0 Å². The number of rotatable bonds is 6. The number of thioether (sulfide) groups is 1. The monoisotopic (exact) mass is 428 g/mol. The lowest BCUT2D eigenvalue weighted by Gasteiger charge is -2.49. The summed E-state index contributed by atoms with van der Waals surface area (Å²) in [4.78, 5) is 48.9. The Morgan fingerprint density at radius 1 is 1.46 bits per heavy atom. The van der Waals surface area contributed by atoms with Gasteiger partial charge in [0.15, 0.2) is 0 Å². The lowest BCUT2D eigenvalue weighted by molar-refractivity contribution is -0.149. The summed E-state index contributed by atoms with van der Waals surface area (Å²) in [7, 11) is 0. The van der Waals surface area contributed by atoms with Crippen molar-refractivity contribution < 1.29 is 29.0 Å². The third-order valence-electron chi connectivity index (χ3n) is 4.30. The largest absolute Gasteiger partial charge is 0.477 e. The molecule has 3 rings (SSSR count). The van der Waals surface area contributed by atoms with Crippen molar-refractivity contribution in [3.63, 3.8) is 0 Å². The first kappa shape index (κ1) is 20.2. The summed E-state index contributed by atoms with van der Waals surface area (Å²) < 4.78 is 6.29. The Hall–Kier alpha value is -2.53. The minimum absolute atomic E-state index is 0.140. The summed E-state index contributed by atoms with van der Waals surface area (Å²) in [5.41, 5.74) is 0.257. The van der Waals surface area contributed by atoms with Crippen molar-refractivity contribution in [3.05, 3.63) is 28.2 Å². The Labute approximate surface area is 168 Å². The molecule has 0 bridgehead atoms. The number of carbonyl (C=O) groups excluding carboxylic acids is 3. The molecule has 2 amide bonds. The van der Waals surface area contributed by atoms with Gasteiger partial charge in [0.2, 0.25) is 0 Å². The topological polar surface area (TPSA) is 131 Å². The van der Waals surface area contributed by atoms with Gasteiger partial charge in [-0.3, -0.25) is 24.0 Å². The normalized spacial score (nSPS) is 21.1. The number of hydrogen-bond donors (Lipinski definition) is 2. The van der Waals surface area contributed by atoms with Crippen LogP contribution in [0.1, 0.15) is 24.3 Å². The number of ether oxygens (including phenoxy) is 1. The van der Waals surface area contributed by atoms with Crippen LogP contribution < -0.4 is 5.32 Å². The molecule has 2 aliphatic rings. The van der Waals surface area contributed by atoms with Crippen LogP contribution in [0.15, 0.2) is 17.5 Å². The van der Waals surface area contributed by atoms with E-state index in [-0.39, 0.29) is 28.8 Å². The number of hydrogen-bond acceptors (Lipinski definition) is 7. The third-order valence-corrected chi connectivity index (χ3v) is 5.91. The van der Waals surface area contributed by atoms with Crippen LogP contribution in [0.25, 0.3) is 0 Å². The molecular weight excluding hydrogens is 412 g/mol. The van der Waals surface area contributed by atoms with Crippen molar-refractivity contribution in [2.75, 3.05) is 12.4 Å². The third kappa shape index (κ3) is 3.47. The molecule has 2 aliphatic heterocycles. The number of fused-ring (bicyclic) bond motifs is 1. The number of β-lactam (4-membered cyclic amide) rings is 1. The average molecular weight is 429 g/mol. The fourth-order valence-electron chi connectivity index (χ4n) is 3.02. The minimum atomic E-state index is -1.29. The second kappa shape index (κ2) is 7.84. The Kier molecular flexibility index (Phi) is 5.66. The number of aromatic nitrogens is 2. The SMILES string of the molecule is CCn1ncc(Cl)c1C(=O)N[C@@H]1C(=O)N2C(C(=O)O)=C(COC(C)=O)CS[C@@H]12.